The average Bonchev–Trinajstić information content (AvgIpc) is 2.78. The highest BCUT2D eigenvalue weighted by atomic mass is 32.1. The Kier molecular flexibility index (Phi) is 4.11. The number of halogens is 1. The van der Waals surface area contributed by atoms with Gasteiger partial charge in [0.05, 0.1) is 6.20 Å². The molecule has 4 nitrogen and oxygen atoms in total. The van der Waals surface area contributed by atoms with Gasteiger partial charge < -0.3 is 5.32 Å². The monoisotopic (exact) mass is 252 g/mol. The SMILES string of the molecule is CCCNCc1nnc(-c2cncc(F)c2)s1. The highest BCUT2D eigenvalue weighted by Crippen LogP contribution is 2.22. The molecule has 0 radical (unpaired) electrons. The van der Waals surface area contributed by atoms with Crippen LogP contribution in [0.4, 0.5) is 4.39 Å². The fraction of sp³-hybridized carbons (Fsp3) is 0.364. The van der Waals surface area contributed by atoms with E-state index in [1.54, 1.807) is 6.20 Å². The maximum atomic E-state index is 13.0. The molecular formula is C11H13FN4S. The van der Waals surface area contributed by atoms with E-state index >= 15 is 0 Å². The first-order valence-corrected chi connectivity index (χ1v) is 6.25. The first-order valence-electron chi connectivity index (χ1n) is 5.43. The number of aromatic nitrogens is 3. The molecule has 6 heteroatoms. The molecule has 0 amide bonds. The largest absolute Gasteiger partial charge is 0.310 e. The highest BCUT2D eigenvalue weighted by Gasteiger charge is 2.07. The van der Waals surface area contributed by atoms with Crippen molar-refractivity contribution in [2.24, 2.45) is 0 Å². The highest BCUT2D eigenvalue weighted by molar-refractivity contribution is 7.14. The third-order valence-corrected chi connectivity index (χ3v) is 3.09. The summed E-state index contributed by atoms with van der Waals surface area (Å²) in [4.78, 5) is 3.79. The van der Waals surface area contributed by atoms with E-state index in [2.05, 4.69) is 27.4 Å². The molecule has 0 aromatic carbocycles. The Balaban J connectivity index is 2.07. The molecule has 0 atom stereocenters. The fourth-order valence-corrected chi connectivity index (χ4v) is 2.13. The van der Waals surface area contributed by atoms with Crippen LogP contribution < -0.4 is 5.32 Å². The Labute approximate surface area is 103 Å². The quantitative estimate of drug-likeness (QED) is 0.829. The van der Waals surface area contributed by atoms with Gasteiger partial charge in [0.2, 0.25) is 0 Å². The molecule has 2 aromatic heterocycles. The smallest absolute Gasteiger partial charge is 0.149 e. The van der Waals surface area contributed by atoms with E-state index in [1.165, 1.54) is 23.6 Å². The predicted molar refractivity (Wildman–Crippen MR) is 65.1 cm³/mol. The molecule has 2 heterocycles. The Bertz CT molecular complexity index is 486. The zero-order valence-corrected chi connectivity index (χ0v) is 10.3. The van der Waals surface area contributed by atoms with Gasteiger partial charge in [-0.3, -0.25) is 4.98 Å². The zero-order chi connectivity index (χ0) is 12.1. The minimum absolute atomic E-state index is 0.358. The van der Waals surface area contributed by atoms with Gasteiger partial charge in [-0.1, -0.05) is 18.3 Å². The van der Waals surface area contributed by atoms with Gasteiger partial charge in [-0.05, 0) is 19.0 Å². The lowest BCUT2D eigenvalue weighted by molar-refractivity contribution is 0.622. The van der Waals surface area contributed by atoms with E-state index in [9.17, 15) is 4.39 Å². The normalized spacial score (nSPS) is 10.7. The van der Waals surface area contributed by atoms with E-state index in [0.717, 1.165) is 18.0 Å². The van der Waals surface area contributed by atoms with Crippen LogP contribution in [0.1, 0.15) is 18.4 Å². The van der Waals surface area contributed by atoms with Crippen molar-refractivity contribution < 1.29 is 4.39 Å². The number of nitrogens with one attached hydrogen (secondary N) is 1. The first-order chi connectivity index (χ1) is 8.29. The lowest BCUT2D eigenvalue weighted by atomic mass is 10.3. The summed E-state index contributed by atoms with van der Waals surface area (Å²) in [5, 5.41) is 12.9. The molecule has 17 heavy (non-hydrogen) atoms. The van der Waals surface area contributed by atoms with E-state index in [-0.39, 0.29) is 5.82 Å². The number of nitrogens with zero attached hydrogens (tertiary/aromatic N) is 3. The Morgan fingerprint density at radius 2 is 2.24 bits per heavy atom. The molecule has 0 saturated carbocycles. The fourth-order valence-electron chi connectivity index (χ4n) is 1.34. The Morgan fingerprint density at radius 1 is 1.35 bits per heavy atom. The molecule has 0 fully saturated rings. The maximum absolute atomic E-state index is 13.0. The van der Waals surface area contributed by atoms with Crippen molar-refractivity contribution in [1.29, 1.82) is 0 Å². The van der Waals surface area contributed by atoms with Gasteiger partial charge in [0.1, 0.15) is 15.8 Å². The minimum atomic E-state index is -0.358. The third-order valence-electron chi connectivity index (χ3n) is 2.12. The van der Waals surface area contributed by atoms with E-state index in [0.29, 0.717) is 17.1 Å². The van der Waals surface area contributed by atoms with Crippen LogP contribution in [0.25, 0.3) is 10.6 Å². The van der Waals surface area contributed by atoms with Crippen LogP contribution in [0.2, 0.25) is 0 Å². The third kappa shape index (κ3) is 3.28. The average molecular weight is 252 g/mol. The molecule has 0 aliphatic heterocycles. The summed E-state index contributed by atoms with van der Waals surface area (Å²) in [5.41, 5.74) is 0.671. The Morgan fingerprint density at radius 3 is 3.00 bits per heavy atom. The van der Waals surface area contributed by atoms with Crippen molar-refractivity contribution in [2.75, 3.05) is 6.54 Å². The Hall–Kier alpha value is -1.40. The molecule has 0 unspecified atom stereocenters. The zero-order valence-electron chi connectivity index (χ0n) is 9.48. The van der Waals surface area contributed by atoms with Crippen LogP contribution in [0.15, 0.2) is 18.5 Å². The van der Waals surface area contributed by atoms with Gasteiger partial charge >= 0.3 is 0 Å². The lowest BCUT2D eigenvalue weighted by Gasteiger charge is -1.96. The maximum Gasteiger partial charge on any atom is 0.149 e. The van der Waals surface area contributed by atoms with Crippen LogP contribution in [-0.2, 0) is 6.54 Å². The van der Waals surface area contributed by atoms with Crippen molar-refractivity contribution in [3.63, 3.8) is 0 Å². The predicted octanol–water partition coefficient (Wildman–Crippen LogP) is 2.24. The van der Waals surface area contributed by atoms with E-state index in [4.69, 9.17) is 0 Å². The summed E-state index contributed by atoms with van der Waals surface area (Å²) >= 11 is 1.45. The van der Waals surface area contributed by atoms with Crippen molar-refractivity contribution in [3.05, 3.63) is 29.3 Å². The van der Waals surface area contributed by atoms with Gasteiger partial charge in [-0.15, -0.1) is 10.2 Å². The second kappa shape index (κ2) is 5.79. The summed E-state index contributed by atoms with van der Waals surface area (Å²) in [6.07, 6.45) is 3.85. The van der Waals surface area contributed by atoms with Gasteiger partial charge in [0, 0.05) is 18.3 Å². The molecule has 2 rings (SSSR count). The van der Waals surface area contributed by atoms with Crippen LogP contribution in [0.5, 0.6) is 0 Å². The summed E-state index contributed by atoms with van der Waals surface area (Å²) in [6, 6.07) is 1.41. The summed E-state index contributed by atoms with van der Waals surface area (Å²) < 4.78 is 13.0. The van der Waals surface area contributed by atoms with Gasteiger partial charge in [-0.2, -0.15) is 0 Å². The molecule has 2 aromatic rings. The van der Waals surface area contributed by atoms with Gasteiger partial charge in [0.25, 0.3) is 0 Å². The second-order valence-electron chi connectivity index (χ2n) is 3.57. The number of rotatable bonds is 5. The van der Waals surface area contributed by atoms with Crippen LogP contribution >= 0.6 is 11.3 Å². The second-order valence-corrected chi connectivity index (χ2v) is 4.63. The van der Waals surface area contributed by atoms with Crippen LogP contribution in [0, 0.1) is 5.82 Å². The molecule has 0 aliphatic carbocycles. The lowest BCUT2D eigenvalue weighted by Crippen LogP contribution is -2.13. The van der Waals surface area contributed by atoms with Crippen molar-refractivity contribution in [2.45, 2.75) is 19.9 Å². The molecule has 0 saturated heterocycles. The summed E-state index contributed by atoms with van der Waals surface area (Å²) in [7, 11) is 0. The summed E-state index contributed by atoms with van der Waals surface area (Å²) in [5.74, 6) is -0.358. The summed E-state index contributed by atoms with van der Waals surface area (Å²) in [6.45, 7) is 3.77. The van der Waals surface area contributed by atoms with E-state index < -0.39 is 0 Å². The molecule has 0 bridgehead atoms. The van der Waals surface area contributed by atoms with Crippen molar-refractivity contribution in [3.8, 4) is 10.6 Å². The van der Waals surface area contributed by atoms with Crippen molar-refractivity contribution in [1.82, 2.24) is 20.5 Å². The molecule has 0 aliphatic rings. The number of hydrogen-bond donors (Lipinski definition) is 1. The van der Waals surface area contributed by atoms with Crippen molar-refractivity contribution >= 4 is 11.3 Å². The topological polar surface area (TPSA) is 50.7 Å². The molecule has 0 spiro atoms. The molecule has 1 N–H and O–H groups in total. The minimum Gasteiger partial charge on any atom is -0.310 e. The first kappa shape index (κ1) is 12.1. The molecule has 90 valence electrons. The number of hydrogen-bond acceptors (Lipinski definition) is 5. The van der Waals surface area contributed by atoms with Crippen LogP contribution in [0.3, 0.4) is 0 Å². The van der Waals surface area contributed by atoms with Gasteiger partial charge in [0.15, 0.2) is 0 Å². The van der Waals surface area contributed by atoms with Crippen LogP contribution in [-0.4, -0.2) is 21.7 Å². The standard InChI is InChI=1S/C11H13FN4S/c1-2-3-13-7-10-15-16-11(17-10)8-4-9(12)6-14-5-8/h4-6,13H,2-3,7H2,1H3. The van der Waals surface area contributed by atoms with E-state index in [1.807, 2.05) is 0 Å². The number of pyridine rings is 1. The van der Waals surface area contributed by atoms with Gasteiger partial charge in [-0.25, -0.2) is 4.39 Å². The molecular weight excluding hydrogens is 239 g/mol.